The number of hydrogen-bond acceptors (Lipinski definition) is 5. The SMILES string of the molecule is CC(C)Cn1c(=O)c(C(=O)Nc2ncccc2OCc2ccccc2)c(O)c2ccccc21. The summed E-state index contributed by atoms with van der Waals surface area (Å²) in [6, 6.07) is 20.0. The molecule has 4 aromatic rings. The summed E-state index contributed by atoms with van der Waals surface area (Å²) in [6.07, 6.45) is 1.52. The van der Waals surface area contributed by atoms with Gasteiger partial charge in [0, 0.05) is 18.1 Å². The van der Waals surface area contributed by atoms with E-state index in [4.69, 9.17) is 4.74 Å². The molecule has 0 aliphatic heterocycles. The summed E-state index contributed by atoms with van der Waals surface area (Å²) >= 11 is 0. The molecule has 168 valence electrons. The van der Waals surface area contributed by atoms with E-state index in [1.54, 1.807) is 36.4 Å². The molecule has 0 aliphatic rings. The number of benzene rings is 2. The van der Waals surface area contributed by atoms with Crippen molar-refractivity contribution in [2.75, 3.05) is 5.32 Å². The van der Waals surface area contributed by atoms with Crippen molar-refractivity contribution in [2.24, 2.45) is 5.92 Å². The first kappa shape index (κ1) is 22.1. The number of nitrogens with one attached hydrogen (secondary N) is 1. The van der Waals surface area contributed by atoms with Gasteiger partial charge in [-0.05, 0) is 35.7 Å². The molecular weight excluding hydrogens is 418 g/mol. The smallest absolute Gasteiger partial charge is 0.267 e. The van der Waals surface area contributed by atoms with Crippen LogP contribution in [0.3, 0.4) is 0 Å². The van der Waals surface area contributed by atoms with Crippen molar-refractivity contribution in [2.45, 2.75) is 27.0 Å². The normalized spacial score (nSPS) is 11.0. The van der Waals surface area contributed by atoms with E-state index in [0.29, 0.717) is 23.2 Å². The van der Waals surface area contributed by atoms with Gasteiger partial charge in [-0.25, -0.2) is 4.98 Å². The number of para-hydroxylation sites is 1. The summed E-state index contributed by atoms with van der Waals surface area (Å²) < 4.78 is 7.37. The van der Waals surface area contributed by atoms with Gasteiger partial charge in [0.2, 0.25) is 0 Å². The third-order valence-electron chi connectivity index (χ3n) is 5.16. The molecule has 7 nitrogen and oxygen atoms in total. The van der Waals surface area contributed by atoms with E-state index in [0.717, 1.165) is 5.56 Å². The van der Waals surface area contributed by atoms with Crippen LogP contribution in [0.2, 0.25) is 0 Å². The predicted molar refractivity (Wildman–Crippen MR) is 128 cm³/mol. The van der Waals surface area contributed by atoms with Crippen molar-refractivity contribution in [3.05, 3.63) is 94.4 Å². The molecule has 0 saturated carbocycles. The topological polar surface area (TPSA) is 93.5 Å². The average molecular weight is 444 g/mol. The fourth-order valence-corrected chi connectivity index (χ4v) is 3.65. The highest BCUT2D eigenvalue weighted by Gasteiger charge is 2.23. The molecule has 7 heteroatoms. The number of carbonyl (C=O) groups is 1. The lowest BCUT2D eigenvalue weighted by molar-refractivity contribution is 0.102. The number of pyridine rings is 2. The molecule has 4 rings (SSSR count). The van der Waals surface area contributed by atoms with Crippen molar-refractivity contribution in [1.82, 2.24) is 9.55 Å². The number of rotatable bonds is 7. The van der Waals surface area contributed by atoms with Gasteiger partial charge < -0.3 is 19.7 Å². The van der Waals surface area contributed by atoms with Crippen molar-refractivity contribution >= 4 is 22.6 Å². The number of amides is 1. The van der Waals surface area contributed by atoms with Gasteiger partial charge in [-0.2, -0.15) is 0 Å². The Labute approximate surface area is 191 Å². The van der Waals surface area contributed by atoms with E-state index < -0.39 is 11.5 Å². The highest BCUT2D eigenvalue weighted by molar-refractivity contribution is 6.09. The zero-order valence-corrected chi connectivity index (χ0v) is 18.5. The number of hydrogen-bond donors (Lipinski definition) is 2. The van der Waals surface area contributed by atoms with Gasteiger partial charge >= 0.3 is 0 Å². The minimum Gasteiger partial charge on any atom is -0.506 e. The first-order valence-electron chi connectivity index (χ1n) is 10.7. The lowest BCUT2D eigenvalue weighted by atomic mass is 10.1. The summed E-state index contributed by atoms with van der Waals surface area (Å²) in [5, 5.41) is 13.9. The molecule has 0 bridgehead atoms. The standard InChI is InChI=1S/C26H25N3O4/c1-17(2)15-29-20-12-7-6-11-19(20)23(30)22(26(29)32)25(31)28-24-21(13-8-14-27-24)33-16-18-9-4-3-5-10-18/h3-14,17,30H,15-16H2,1-2H3,(H,27,28,31). The molecule has 2 heterocycles. The molecule has 1 amide bonds. The molecule has 2 aromatic carbocycles. The van der Waals surface area contributed by atoms with Crippen LogP contribution in [0.4, 0.5) is 5.82 Å². The lowest BCUT2D eigenvalue weighted by Gasteiger charge is -2.17. The Morgan fingerprint density at radius 2 is 1.79 bits per heavy atom. The van der Waals surface area contributed by atoms with E-state index in [1.165, 1.54) is 10.8 Å². The third-order valence-corrected chi connectivity index (χ3v) is 5.16. The molecule has 0 unspecified atom stereocenters. The minimum atomic E-state index is -0.746. The summed E-state index contributed by atoms with van der Waals surface area (Å²) in [7, 11) is 0. The molecule has 0 spiro atoms. The number of carbonyl (C=O) groups excluding carboxylic acids is 1. The zero-order valence-electron chi connectivity index (χ0n) is 18.5. The van der Waals surface area contributed by atoms with Crippen LogP contribution in [0.15, 0.2) is 77.7 Å². The molecule has 0 atom stereocenters. The number of aromatic nitrogens is 2. The van der Waals surface area contributed by atoms with Crippen LogP contribution in [-0.4, -0.2) is 20.6 Å². The van der Waals surface area contributed by atoms with Crippen LogP contribution in [-0.2, 0) is 13.2 Å². The van der Waals surface area contributed by atoms with Gasteiger partial charge in [0.05, 0.1) is 5.52 Å². The number of nitrogens with zero attached hydrogens (tertiary/aromatic N) is 2. The monoisotopic (exact) mass is 443 g/mol. The van der Waals surface area contributed by atoms with Crippen molar-refractivity contribution < 1.29 is 14.6 Å². The fraction of sp³-hybridized carbons (Fsp3) is 0.192. The number of anilines is 1. The van der Waals surface area contributed by atoms with E-state index in [9.17, 15) is 14.7 Å². The van der Waals surface area contributed by atoms with Gasteiger partial charge in [-0.15, -0.1) is 0 Å². The maximum absolute atomic E-state index is 13.3. The molecule has 0 aliphatic carbocycles. The van der Waals surface area contributed by atoms with Crippen LogP contribution in [0.1, 0.15) is 29.8 Å². The first-order chi connectivity index (χ1) is 16.0. The Bertz CT molecular complexity index is 1350. The second-order valence-corrected chi connectivity index (χ2v) is 8.13. The largest absolute Gasteiger partial charge is 0.506 e. The maximum Gasteiger partial charge on any atom is 0.267 e. The molecule has 0 radical (unpaired) electrons. The third kappa shape index (κ3) is 4.72. The Balaban J connectivity index is 1.68. The molecular formula is C26H25N3O4. The molecule has 33 heavy (non-hydrogen) atoms. The van der Waals surface area contributed by atoms with Gasteiger partial charge in [0.1, 0.15) is 17.9 Å². The van der Waals surface area contributed by atoms with Crippen molar-refractivity contribution in [1.29, 1.82) is 0 Å². The summed E-state index contributed by atoms with van der Waals surface area (Å²) in [6.45, 7) is 4.67. The Kier molecular flexibility index (Phi) is 6.40. The highest BCUT2D eigenvalue weighted by Crippen LogP contribution is 2.28. The first-order valence-corrected chi connectivity index (χ1v) is 10.7. The van der Waals surface area contributed by atoms with Crippen LogP contribution in [0.5, 0.6) is 11.5 Å². The van der Waals surface area contributed by atoms with Gasteiger partial charge in [0.15, 0.2) is 11.6 Å². The lowest BCUT2D eigenvalue weighted by Crippen LogP contribution is -2.31. The summed E-state index contributed by atoms with van der Waals surface area (Å²) in [5.41, 5.74) is 0.659. The zero-order chi connectivity index (χ0) is 23.4. The van der Waals surface area contributed by atoms with Crippen LogP contribution in [0, 0.1) is 5.92 Å². The van der Waals surface area contributed by atoms with E-state index in [-0.39, 0.29) is 29.7 Å². The van der Waals surface area contributed by atoms with E-state index in [1.807, 2.05) is 44.2 Å². The molecule has 0 fully saturated rings. The fourth-order valence-electron chi connectivity index (χ4n) is 3.65. The van der Waals surface area contributed by atoms with Gasteiger partial charge in [-0.3, -0.25) is 9.59 Å². The van der Waals surface area contributed by atoms with Crippen LogP contribution in [0.25, 0.3) is 10.9 Å². The molecule has 2 aromatic heterocycles. The Hall–Kier alpha value is -4.13. The van der Waals surface area contributed by atoms with E-state index >= 15 is 0 Å². The maximum atomic E-state index is 13.3. The van der Waals surface area contributed by atoms with Crippen molar-refractivity contribution in [3.8, 4) is 11.5 Å². The Morgan fingerprint density at radius 3 is 2.55 bits per heavy atom. The minimum absolute atomic E-state index is 0.167. The van der Waals surface area contributed by atoms with Crippen LogP contribution < -0.4 is 15.6 Å². The second kappa shape index (κ2) is 9.56. The average Bonchev–Trinajstić information content (AvgIpc) is 2.82. The number of ether oxygens (including phenoxy) is 1. The molecule has 2 N–H and O–H groups in total. The number of aromatic hydroxyl groups is 1. The molecule has 0 saturated heterocycles. The summed E-state index contributed by atoms with van der Waals surface area (Å²) in [4.78, 5) is 30.6. The Morgan fingerprint density at radius 1 is 1.06 bits per heavy atom. The predicted octanol–water partition coefficient (Wildman–Crippen LogP) is 4.59. The van der Waals surface area contributed by atoms with Gasteiger partial charge in [-0.1, -0.05) is 56.3 Å². The quantitative estimate of drug-likeness (QED) is 0.436. The highest BCUT2D eigenvalue weighted by atomic mass is 16.5. The second-order valence-electron chi connectivity index (χ2n) is 8.13. The number of fused-ring (bicyclic) bond motifs is 1. The summed E-state index contributed by atoms with van der Waals surface area (Å²) in [5.74, 6) is -0.404. The van der Waals surface area contributed by atoms with Gasteiger partial charge in [0.25, 0.3) is 11.5 Å². The van der Waals surface area contributed by atoms with E-state index in [2.05, 4.69) is 10.3 Å². The van der Waals surface area contributed by atoms with Crippen LogP contribution >= 0.6 is 0 Å². The van der Waals surface area contributed by atoms with Crippen molar-refractivity contribution in [3.63, 3.8) is 0 Å².